The van der Waals surface area contributed by atoms with Crippen molar-refractivity contribution in [3.63, 3.8) is 0 Å². The van der Waals surface area contributed by atoms with E-state index in [0.29, 0.717) is 43.4 Å². The molecule has 2 heterocycles. The van der Waals surface area contributed by atoms with Crippen molar-refractivity contribution in [1.82, 2.24) is 9.97 Å². The normalized spacial score (nSPS) is 13.3. The van der Waals surface area contributed by atoms with E-state index < -0.39 is 11.0 Å². The van der Waals surface area contributed by atoms with Crippen molar-refractivity contribution in [2.75, 3.05) is 48.6 Å². The minimum atomic E-state index is -0.644. The van der Waals surface area contributed by atoms with Gasteiger partial charge in [-0.3, -0.25) is 20.9 Å². The van der Waals surface area contributed by atoms with Crippen LogP contribution in [0.5, 0.6) is 0 Å². The number of nitrogens with zero attached hydrogens (tertiary/aromatic N) is 5. The van der Waals surface area contributed by atoms with Crippen molar-refractivity contribution >= 4 is 35.3 Å². The molecule has 0 spiro atoms. The number of nitrogens with one attached hydrogen (secondary N) is 2. The molecule has 0 bridgehead atoms. The van der Waals surface area contributed by atoms with E-state index >= 15 is 0 Å². The highest BCUT2D eigenvalue weighted by atomic mass is 16.6. The summed E-state index contributed by atoms with van der Waals surface area (Å²) in [6.07, 6.45) is 2.08. The number of hydrogen-bond donors (Lipinski definition) is 2. The maximum atomic E-state index is 12.1. The summed E-state index contributed by atoms with van der Waals surface area (Å²) in [5.74, 6) is 1.95. The van der Waals surface area contributed by atoms with Gasteiger partial charge in [-0.25, -0.2) is 14.8 Å². The SMILES string of the molecule is Cc1cccc(/C=N/Nc2cc(N3CCOCC3)nc(CCCOC(=O)Nc3ccc([N+](=O)[O-])cc3)n2)c1. The number of carbonyl (C=O) groups is 1. The lowest BCUT2D eigenvalue weighted by molar-refractivity contribution is -0.384. The van der Waals surface area contributed by atoms with Crippen LogP contribution >= 0.6 is 0 Å². The van der Waals surface area contributed by atoms with Crippen molar-refractivity contribution in [2.45, 2.75) is 19.8 Å². The monoisotopic (exact) mass is 519 g/mol. The third-order valence-corrected chi connectivity index (χ3v) is 5.63. The smallest absolute Gasteiger partial charge is 0.411 e. The molecule has 0 unspecified atom stereocenters. The summed E-state index contributed by atoms with van der Waals surface area (Å²) in [4.78, 5) is 33.7. The van der Waals surface area contributed by atoms with Crippen molar-refractivity contribution in [3.05, 3.63) is 81.7 Å². The zero-order valence-electron chi connectivity index (χ0n) is 21.0. The Morgan fingerprint density at radius 2 is 1.97 bits per heavy atom. The quantitative estimate of drug-likeness (QED) is 0.175. The summed E-state index contributed by atoms with van der Waals surface area (Å²) >= 11 is 0. The van der Waals surface area contributed by atoms with Crippen molar-refractivity contribution < 1.29 is 19.2 Å². The first-order valence-corrected chi connectivity index (χ1v) is 12.2. The van der Waals surface area contributed by atoms with E-state index in [9.17, 15) is 14.9 Å². The molecule has 1 fully saturated rings. The van der Waals surface area contributed by atoms with Crippen LogP contribution in [0.2, 0.25) is 0 Å². The number of rotatable bonds is 10. The fraction of sp³-hybridized carbons (Fsp3) is 0.308. The highest BCUT2D eigenvalue weighted by Crippen LogP contribution is 2.19. The Kier molecular flexibility index (Phi) is 9.13. The molecule has 1 amide bonds. The van der Waals surface area contributed by atoms with Gasteiger partial charge in [0, 0.05) is 43.4 Å². The van der Waals surface area contributed by atoms with Gasteiger partial charge < -0.3 is 14.4 Å². The van der Waals surface area contributed by atoms with E-state index in [4.69, 9.17) is 14.5 Å². The molecule has 0 aliphatic carbocycles. The van der Waals surface area contributed by atoms with Gasteiger partial charge in [0.1, 0.15) is 11.6 Å². The Hall–Kier alpha value is -4.58. The highest BCUT2D eigenvalue weighted by Gasteiger charge is 2.15. The van der Waals surface area contributed by atoms with Crippen molar-refractivity contribution in [2.24, 2.45) is 5.10 Å². The van der Waals surface area contributed by atoms with Crippen LogP contribution < -0.4 is 15.6 Å². The summed E-state index contributed by atoms with van der Waals surface area (Å²) in [6, 6.07) is 15.4. The number of ether oxygens (including phenoxy) is 2. The summed E-state index contributed by atoms with van der Waals surface area (Å²) < 4.78 is 10.7. The van der Waals surface area contributed by atoms with Crippen LogP contribution in [0.3, 0.4) is 0 Å². The van der Waals surface area contributed by atoms with E-state index in [0.717, 1.165) is 30.0 Å². The second-order valence-corrected chi connectivity index (χ2v) is 8.58. The molecule has 38 heavy (non-hydrogen) atoms. The zero-order chi connectivity index (χ0) is 26.7. The first kappa shape index (κ1) is 26.5. The molecule has 198 valence electrons. The maximum Gasteiger partial charge on any atom is 0.411 e. The van der Waals surface area contributed by atoms with Gasteiger partial charge in [-0.2, -0.15) is 5.10 Å². The molecule has 2 N–H and O–H groups in total. The van der Waals surface area contributed by atoms with Crippen LogP contribution in [0.4, 0.5) is 27.8 Å². The molecule has 0 atom stereocenters. The molecule has 4 rings (SSSR count). The molecule has 1 aromatic heterocycles. The number of aryl methyl sites for hydroxylation is 2. The van der Waals surface area contributed by atoms with E-state index in [1.807, 2.05) is 37.3 Å². The van der Waals surface area contributed by atoms with Gasteiger partial charge in [0.2, 0.25) is 0 Å². The van der Waals surface area contributed by atoms with Crippen LogP contribution in [-0.2, 0) is 15.9 Å². The zero-order valence-corrected chi connectivity index (χ0v) is 21.0. The van der Waals surface area contributed by atoms with Gasteiger partial charge in [-0.15, -0.1) is 0 Å². The first-order chi connectivity index (χ1) is 18.5. The molecule has 12 nitrogen and oxygen atoms in total. The predicted molar refractivity (Wildman–Crippen MR) is 144 cm³/mol. The maximum absolute atomic E-state index is 12.1. The van der Waals surface area contributed by atoms with Crippen molar-refractivity contribution in [3.8, 4) is 0 Å². The third kappa shape index (κ3) is 7.96. The van der Waals surface area contributed by atoms with E-state index in [-0.39, 0.29) is 12.3 Å². The Bertz CT molecular complexity index is 1280. The number of carbonyl (C=O) groups excluding carboxylic acids is 1. The van der Waals surface area contributed by atoms with Gasteiger partial charge in [0.25, 0.3) is 5.69 Å². The second kappa shape index (κ2) is 13.1. The van der Waals surface area contributed by atoms with Crippen LogP contribution in [0.25, 0.3) is 0 Å². The van der Waals surface area contributed by atoms with Gasteiger partial charge in [-0.1, -0.05) is 29.8 Å². The molecule has 0 saturated carbocycles. The van der Waals surface area contributed by atoms with E-state index in [1.54, 1.807) is 6.21 Å². The van der Waals surface area contributed by atoms with Gasteiger partial charge in [0.05, 0.1) is 31.0 Å². The number of hydrogen-bond acceptors (Lipinski definition) is 10. The second-order valence-electron chi connectivity index (χ2n) is 8.58. The number of nitro groups is 1. The molecule has 1 aliphatic rings. The minimum absolute atomic E-state index is 0.0575. The molecular weight excluding hydrogens is 490 g/mol. The molecule has 1 saturated heterocycles. The third-order valence-electron chi connectivity index (χ3n) is 5.63. The lowest BCUT2D eigenvalue weighted by Crippen LogP contribution is -2.37. The summed E-state index contributed by atoms with van der Waals surface area (Å²) in [6.45, 7) is 4.90. The average molecular weight is 520 g/mol. The highest BCUT2D eigenvalue weighted by molar-refractivity contribution is 5.84. The van der Waals surface area contributed by atoms with Crippen LogP contribution in [0, 0.1) is 17.0 Å². The molecule has 3 aromatic rings. The standard InChI is InChI=1S/C26H29N7O5/c1-19-4-2-5-20(16-19)18-27-31-24-17-25(32-11-14-37-15-12-32)30-23(29-24)6-3-13-38-26(34)28-21-7-9-22(10-8-21)33(35)36/h2,4-5,7-10,16-18H,3,6,11-15H2,1H3,(H,28,34)(H,29,30,31)/b27-18+. The number of amides is 1. The molecule has 1 aliphatic heterocycles. The number of morpholine rings is 1. The van der Waals surface area contributed by atoms with Gasteiger partial charge in [-0.05, 0) is 31.0 Å². The van der Waals surface area contributed by atoms with Crippen molar-refractivity contribution in [1.29, 1.82) is 0 Å². The lowest BCUT2D eigenvalue weighted by Gasteiger charge is -2.28. The summed E-state index contributed by atoms with van der Waals surface area (Å²) in [7, 11) is 0. The molecule has 2 aromatic carbocycles. The predicted octanol–water partition coefficient (Wildman–Crippen LogP) is 4.16. The van der Waals surface area contributed by atoms with Gasteiger partial charge >= 0.3 is 6.09 Å². The minimum Gasteiger partial charge on any atom is -0.449 e. The average Bonchev–Trinajstić information content (AvgIpc) is 2.92. The van der Waals surface area contributed by atoms with Crippen LogP contribution in [-0.4, -0.2) is 60.1 Å². The largest absolute Gasteiger partial charge is 0.449 e. The molecule has 12 heteroatoms. The number of anilines is 3. The summed E-state index contributed by atoms with van der Waals surface area (Å²) in [5.41, 5.74) is 5.48. The number of aromatic nitrogens is 2. The Labute approximate surface area is 219 Å². The fourth-order valence-corrected chi connectivity index (χ4v) is 3.75. The number of non-ortho nitro benzene ring substituents is 1. The number of hydrazone groups is 1. The van der Waals surface area contributed by atoms with E-state index in [1.165, 1.54) is 24.3 Å². The Balaban J connectivity index is 1.33. The topological polar surface area (TPSA) is 144 Å². The van der Waals surface area contributed by atoms with Crippen LogP contribution in [0.1, 0.15) is 23.4 Å². The Morgan fingerprint density at radius 3 is 2.71 bits per heavy atom. The van der Waals surface area contributed by atoms with Crippen LogP contribution in [0.15, 0.2) is 59.7 Å². The van der Waals surface area contributed by atoms with E-state index in [2.05, 4.69) is 25.7 Å². The number of benzene rings is 2. The summed E-state index contributed by atoms with van der Waals surface area (Å²) in [5, 5.41) is 17.6. The Morgan fingerprint density at radius 1 is 1.18 bits per heavy atom. The lowest BCUT2D eigenvalue weighted by atomic mass is 10.2. The number of nitro benzene ring substituents is 1. The fourth-order valence-electron chi connectivity index (χ4n) is 3.75. The van der Waals surface area contributed by atoms with Gasteiger partial charge in [0.15, 0.2) is 5.82 Å². The molecule has 0 radical (unpaired) electrons. The first-order valence-electron chi connectivity index (χ1n) is 12.2. The molecular formula is C26H29N7O5.